The minimum Gasteiger partial charge on any atom is -0.337 e. The van der Waals surface area contributed by atoms with Crippen LogP contribution in [-0.2, 0) is 6.54 Å². The van der Waals surface area contributed by atoms with Gasteiger partial charge in [0.2, 0.25) is 0 Å². The molecule has 0 bridgehead atoms. The molecule has 0 aliphatic heterocycles. The van der Waals surface area contributed by atoms with Gasteiger partial charge in [0, 0.05) is 37.6 Å². The highest BCUT2D eigenvalue weighted by atomic mass is 16.2. The number of carbonyl (C=O) groups excluding carboxylic acids is 1. The molecular formula is C24H25N5O. The summed E-state index contributed by atoms with van der Waals surface area (Å²) in [4.78, 5) is 24.2. The van der Waals surface area contributed by atoms with Crippen molar-refractivity contribution in [2.24, 2.45) is 0 Å². The lowest BCUT2D eigenvalue weighted by Gasteiger charge is -2.18. The number of hydrogen-bond donors (Lipinski definition) is 0. The highest BCUT2D eigenvalue weighted by Crippen LogP contribution is 2.29. The molecule has 3 heterocycles. The summed E-state index contributed by atoms with van der Waals surface area (Å²) in [5.74, 6) is -0.0654. The molecule has 0 aliphatic carbocycles. The van der Waals surface area contributed by atoms with Crippen molar-refractivity contribution in [1.29, 1.82) is 0 Å². The summed E-state index contributed by atoms with van der Waals surface area (Å²) in [5, 5.41) is 5.28. The molecule has 4 rings (SSSR count). The Labute approximate surface area is 176 Å². The number of pyridine rings is 2. The van der Waals surface area contributed by atoms with Crippen molar-refractivity contribution in [2.75, 3.05) is 7.05 Å². The van der Waals surface area contributed by atoms with Crippen molar-refractivity contribution in [3.63, 3.8) is 0 Å². The number of fused-ring (bicyclic) bond motifs is 1. The SMILES string of the molecule is Cc1ccccc1-c1cc(C(=O)N(C)Cc2cccnc2)c2cnn(C(C)C)c2n1. The van der Waals surface area contributed by atoms with E-state index in [1.807, 2.05) is 48.1 Å². The summed E-state index contributed by atoms with van der Waals surface area (Å²) >= 11 is 0. The molecule has 0 unspecified atom stereocenters. The Hall–Kier alpha value is -3.54. The van der Waals surface area contributed by atoms with Gasteiger partial charge in [-0.3, -0.25) is 9.78 Å². The summed E-state index contributed by atoms with van der Waals surface area (Å²) in [5.41, 5.74) is 5.22. The van der Waals surface area contributed by atoms with Gasteiger partial charge in [-0.2, -0.15) is 5.10 Å². The van der Waals surface area contributed by atoms with Gasteiger partial charge < -0.3 is 4.90 Å². The van der Waals surface area contributed by atoms with Crippen LogP contribution in [0.5, 0.6) is 0 Å². The molecule has 0 radical (unpaired) electrons. The number of benzene rings is 1. The Balaban J connectivity index is 1.83. The molecule has 0 saturated carbocycles. The number of hydrogen-bond acceptors (Lipinski definition) is 4. The second-order valence-electron chi connectivity index (χ2n) is 7.81. The maximum Gasteiger partial charge on any atom is 0.254 e. The van der Waals surface area contributed by atoms with Crippen LogP contribution in [0.2, 0.25) is 0 Å². The molecule has 0 fully saturated rings. The predicted molar refractivity (Wildman–Crippen MR) is 118 cm³/mol. The van der Waals surface area contributed by atoms with Crippen molar-refractivity contribution >= 4 is 16.9 Å². The van der Waals surface area contributed by atoms with Crippen LogP contribution in [0.1, 0.15) is 41.4 Å². The highest BCUT2D eigenvalue weighted by molar-refractivity contribution is 6.06. The molecule has 0 spiro atoms. The number of rotatable bonds is 5. The molecule has 3 aromatic heterocycles. The van der Waals surface area contributed by atoms with Crippen LogP contribution < -0.4 is 0 Å². The van der Waals surface area contributed by atoms with Gasteiger partial charge in [0.25, 0.3) is 5.91 Å². The van der Waals surface area contributed by atoms with E-state index in [1.54, 1.807) is 23.5 Å². The molecule has 30 heavy (non-hydrogen) atoms. The first-order valence-electron chi connectivity index (χ1n) is 10.0. The zero-order valence-electron chi connectivity index (χ0n) is 17.7. The fraction of sp³-hybridized carbons (Fsp3) is 0.250. The normalized spacial score (nSPS) is 11.2. The van der Waals surface area contributed by atoms with Gasteiger partial charge in [-0.1, -0.05) is 30.3 Å². The van der Waals surface area contributed by atoms with Crippen molar-refractivity contribution in [1.82, 2.24) is 24.6 Å². The van der Waals surface area contributed by atoms with Gasteiger partial charge >= 0.3 is 0 Å². The maximum atomic E-state index is 13.5. The smallest absolute Gasteiger partial charge is 0.254 e. The standard InChI is InChI=1S/C24H25N5O/c1-16(2)29-23-21(14-26-29)20(12-22(27-23)19-10-6-5-8-17(19)3)24(30)28(4)15-18-9-7-11-25-13-18/h5-14,16H,15H2,1-4H3. The molecule has 0 saturated heterocycles. The number of carbonyl (C=O) groups is 1. The molecule has 6 heteroatoms. The highest BCUT2D eigenvalue weighted by Gasteiger charge is 2.21. The topological polar surface area (TPSA) is 63.9 Å². The Morgan fingerprint density at radius 3 is 2.63 bits per heavy atom. The van der Waals surface area contributed by atoms with Crippen molar-refractivity contribution in [3.05, 3.63) is 77.7 Å². The number of amides is 1. The van der Waals surface area contributed by atoms with Crippen LogP contribution in [0, 0.1) is 6.92 Å². The average molecular weight is 399 g/mol. The van der Waals surface area contributed by atoms with E-state index >= 15 is 0 Å². The first kappa shape index (κ1) is 19.8. The molecule has 0 atom stereocenters. The fourth-order valence-corrected chi connectivity index (χ4v) is 3.61. The monoisotopic (exact) mass is 399 g/mol. The lowest BCUT2D eigenvalue weighted by Crippen LogP contribution is -2.26. The van der Waals surface area contributed by atoms with Crippen molar-refractivity contribution in [3.8, 4) is 11.3 Å². The van der Waals surface area contributed by atoms with Gasteiger partial charge in [-0.05, 0) is 44.0 Å². The van der Waals surface area contributed by atoms with Crippen molar-refractivity contribution in [2.45, 2.75) is 33.4 Å². The summed E-state index contributed by atoms with van der Waals surface area (Å²) in [7, 11) is 1.81. The molecular weight excluding hydrogens is 374 g/mol. The maximum absolute atomic E-state index is 13.5. The van der Waals surface area contributed by atoms with E-state index in [0.717, 1.165) is 33.4 Å². The number of aryl methyl sites for hydroxylation is 1. The van der Waals surface area contributed by atoms with Crippen LogP contribution in [0.15, 0.2) is 61.1 Å². The van der Waals surface area contributed by atoms with Gasteiger partial charge in [-0.25, -0.2) is 9.67 Å². The van der Waals surface area contributed by atoms with E-state index in [1.165, 1.54) is 0 Å². The van der Waals surface area contributed by atoms with Crippen LogP contribution in [-0.4, -0.2) is 37.6 Å². The zero-order valence-corrected chi connectivity index (χ0v) is 17.7. The minimum absolute atomic E-state index is 0.0654. The molecule has 152 valence electrons. The van der Waals surface area contributed by atoms with Gasteiger partial charge in [0.1, 0.15) is 0 Å². The van der Waals surface area contributed by atoms with E-state index in [0.29, 0.717) is 12.1 Å². The number of nitrogens with zero attached hydrogens (tertiary/aromatic N) is 5. The van der Waals surface area contributed by atoms with Gasteiger partial charge in [-0.15, -0.1) is 0 Å². The van der Waals surface area contributed by atoms with E-state index < -0.39 is 0 Å². The Bertz CT molecular complexity index is 1200. The molecule has 0 aliphatic rings. The molecule has 0 N–H and O–H groups in total. The van der Waals surface area contributed by atoms with E-state index in [9.17, 15) is 4.79 Å². The fourth-order valence-electron chi connectivity index (χ4n) is 3.61. The third-order valence-electron chi connectivity index (χ3n) is 5.20. The second kappa shape index (κ2) is 8.06. The van der Waals surface area contributed by atoms with Crippen LogP contribution in [0.25, 0.3) is 22.3 Å². The second-order valence-corrected chi connectivity index (χ2v) is 7.81. The molecule has 1 aromatic carbocycles. The van der Waals surface area contributed by atoms with Crippen LogP contribution in [0.4, 0.5) is 0 Å². The largest absolute Gasteiger partial charge is 0.337 e. The van der Waals surface area contributed by atoms with E-state index in [2.05, 4.69) is 36.9 Å². The van der Waals surface area contributed by atoms with E-state index in [-0.39, 0.29) is 11.9 Å². The third kappa shape index (κ3) is 3.68. The Kier molecular flexibility index (Phi) is 5.31. The minimum atomic E-state index is -0.0654. The first-order chi connectivity index (χ1) is 14.5. The Morgan fingerprint density at radius 2 is 1.93 bits per heavy atom. The van der Waals surface area contributed by atoms with Gasteiger partial charge in [0.05, 0.1) is 22.8 Å². The predicted octanol–water partition coefficient (Wildman–Crippen LogP) is 4.65. The van der Waals surface area contributed by atoms with Crippen molar-refractivity contribution < 1.29 is 4.79 Å². The quantitative estimate of drug-likeness (QED) is 0.490. The lowest BCUT2D eigenvalue weighted by molar-refractivity contribution is 0.0787. The Morgan fingerprint density at radius 1 is 1.13 bits per heavy atom. The summed E-state index contributed by atoms with van der Waals surface area (Å²) in [6.45, 7) is 6.65. The van der Waals surface area contributed by atoms with Crippen LogP contribution >= 0.6 is 0 Å². The van der Waals surface area contributed by atoms with Crippen LogP contribution in [0.3, 0.4) is 0 Å². The average Bonchev–Trinajstić information content (AvgIpc) is 3.18. The molecule has 1 amide bonds. The van der Waals surface area contributed by atoms with E-state index in [4.69, 9.17) is 4.98 Å². The van der Waals surface area contributed by atoms with Gasteiger partial charge in [0.15, 0.2) is 5.65 Å². The molecule has 4 aromatic rings. The first-order valence-corrected chi connectivity index (χ1v) is 10.0. The summed E-state index contributed by atoms with van der Waals surface area (Å²) < 4.78 is 1.87. The summed E-state index contributed by atoms with van der Waals surface area (Å²) in [6.07, 6.45) is 5.25. The zero-order chi connectivity index (χ0) is 21.3. The third-order valence-corrected chi connectivity index (χ3v) is 5.20. The summed E-state index contributed by atoms with van der Waals surface area (Å²) in [6, 6.07) is 13.9. The number of aromatic nitrogens is 4. The molecule has 6 nitrogen and oxygen atoms in total. The lowest BCUT2D eigenvalue weighted by atomic mass is 10.0.